The summed E-state index contributed by atoms with van der Waals surface area (Å²) >= 11 is 0. The van der Waals surface area contributed by atoms with Gasteiger partial charge in [-0.05, 0) is 37.9 Å². The maximum absolute atomic E-state index is 12.1. The van der Waals surface area contributed by atoms with E-state index in [0.717, 1.165) is 38.9 Å². The summed E-state index contributed by atoms with van der Waals surface area (Å²) in [6, 6.07) is 10.5. The van der Waals surface area contributed by atoms with Crippen LogP contribution in [-0.2, 0) is 11.3 Å². The van der Waals surface area contributed by atoms with Crippen LogP contribution >= 0.6 is 24.8 Å². The van der Waals surface area contributed by atoms with Gasteiger partial charge in [-0.15, -0.1) is 24.8 Å². The molecule has 3 N–H and O–H groups in total. The van der Waals surface area contributed by atoms with Crippen molar-refractivity contribution in [3.63, 3.8) is 0 Å². The van der Waals surface area contributed by atoms with E-state index in [4.69, 9.17) is 5.73 Å². The molecule has 2 rings (SSSR count). The van der Waals surface area contributed by atoms with E-state index in [0.29, 0.717) is 13.1 Å². The van der Waals surface area contributed by atoms with E-state index in [1.165, 1.54) is 5.56 Å². The summed E-state index contributed by atoms with van der Waals surface area (Å²) in [5.41, 5.74) is 6.76. The number of nitrogens with zero attached hydrogens (tertiary/aromatic N) is 1. The SMILES string of the molecule is Cl.Cl.NCCCNC(=O)C1CCCN(Cc2ccccc2)C1. The molecule has 22 heavy (non-hydrogen) atoms. The second kappa shape index (κ2) is 11.7. The molecule has 0 radical (unpaired) electrons. The molecule has 0 aromatic heterocycles. The van der Waals surface area contributed by atoms with Gasteiger partial charge in [0.15, 0.2) is 0 Å². The van der Waals surface area contributed by atoms with Gasteiger partial charge in [0, 0.05) is 19.6 Å². The highest BCUT2D eigenvalue weighted by Crippen LogP contribution is 2.18. The van der Waals surface area contributed by atoms with Crippen LogP contribution in [0.25, 0.3) is 0 Å². The molecule has 1 heterocycles. The third-order valence-corrected chi connectivity index (χ3v) is 3.81. The Morgan fingerprint density at radius 3 is 2.68 bits per heavy atom. The molecule has 1 unspecified atom stereocenters. The maximum atomic E-state index is 12.1. The number of likely N-dealkylation sites (tertiary alicyclic amines) is 1. The van der Waals surface area contributed by atoms with Gasteiger partial charge in [0.1, 0.15) is 0 Å². The summed E-state index contributed by atoms with van der Waals surface area (Å²) in [6.07, 6.45) is 2.95. The van der Waals surface area contributed by atoms with Gasteiger partial charge in [-0.3, -0.25) is 9.69 Å². The average molecular weight is 348 g/mol. The average Bonchev–Trinajstić information content (AvgIpc) is 2.49. The largest absolute Gasteiger partial charge is 0.356 e. The fourth-order valence-electron chi connectivity index (χ4n) is 2.71. The number of piperidine rings is 1. The van der Waals surface area contributed by atoms with E-state index in [-0.39, 0.29) is 36.6 Å². The number of benzene rings is 1. The predicted octanol–water partition coefficient (Wildman–Crippen LogP) is 2.21. The first-order valence-electron chi connectivity index (χ1n) is 7.53. The minimum absolute atomic E-state index is 0. The van der Waals surface area contributed by atoms with Gasteiger partial charge in [0.25, 0.3) is 0 Å². The quantitative estimate of drug-likeness (QED) is 0.775. The third-order valence-electron chi connectivity index (χ3n) is 3.81. The summed E-state index contributed by atoms with van der Waals surface area (Å²) in [6.45, 7) is 4.22. The van der Waals surface area contributed by atoms with Crippen molar-refractivity contribution in [2.45, 2.75) is 25.8 Å². The first-order chi connectivity index (χ1) is 9.79. The summed E-state index contributed by atoms with van der Waals surface area (Å²) in [4.78, 5) is 14.5. The number of nitrogens with two attached hydrogens (primary N) is 1. The van der Waals surface area contributed by atoms with Crippen molar-refractivity contribution in [1.82, 2.24) is 10.2 Å². The molecule has 1 fully saturated rings. The Bertz CT molecular complexity index is 417. The lowest BCUT2D eigenvalue weighted by Gasteiger charge is -2.32. The van der Waals surface area contributed by atoms with Gasteiger partial charge < -0.3 is 11.1 Å². The van der Waals surface area contributed by atoms with Crippen molar-refractivity contribution < 1.29 is 4.79 Å². The van der Waals surface area contributed by atoms with Crippen molar-refractivity contribution in [2.24, 2.45) is 11.7 Å². The fourth-order valence-corrected chi connectivity index (χ4v) is 2.71. The number of amides is 1. The second-order valence-corrected chi connectivity index (χ2v) is 5.49. The molecular formula is C16H27Cl2N3O. The van der Waals surface area contributed by atoms with Gasteiger partial charge in [-0.2, -0.15) is 0 Å². The van der Waals surface area contributed by atoms with Gasteiger partial charge in [-0.25, -0.2) is 0 Å². The molecule has 1 aliphatic heterocycles. The van der Waals surface area contributed by atoms with Gasteiger partial charge in [0.2, 0.25) is 5.91 Å². The molecule has 0 saturated carbocycles. The van der Waals surface area contributed by atoms with E-state index in [1.54, 1.807) is 0 Å². The molecule has 126 valence electrons. The van der Waals surface area contributed by atoms with Crippen LogP contribution in [0, 0.1) is 5.92 Å². The molecule has 0 aliphatic carbocycles. The molecular weight excluding hydrogens is 321 g/mol. The molecule has 1 atom stereocenters. The van der Waals surface area contributed by atoms with Crippen molar-refractivity contribution in [3.05, 3.63) is 35.9 Å². The summed E-state index contributed by atoms with van der Waals surface area (Å²) < 4.78 is 0. The number of carbonyl (C=O) groups excluding carboxylic acids is 1. The Balaban J connectivity index is 0.00000220. The zero-order chi connectivity index (χ0) is 14.2. The zero-order valence-corrected chi connectivity index (χ0v) is 14.5. The van der Waals surface area contributed by atoms with E-state index < -0.39 is 0 Å². The monoisotopic (exact) mass is 347 g/mol. The normalized spacial score (nSPS) is 18.0. The van der Waals surface area contributed by atoms with E-state index >= 15 is 0 Å². The Labute approximate surface area is 145 Å². The van der Waals surface area contributed by atoms with Crippen molar-refractivity contribution in [2.75, 3.05) is 26.2 Å². The highest BCUT2D eigenvalue weighted by molar-refractivity contribution is 5.85. The molecule has 1 aliphatic rings. The Hall–Kier alpha value is -0.810. The smallest absolute Gasteiger partial charge is 0.224 e. The van der Waals surface area contributed by atoms with E-state index in [2.05, 4.69) is 34.5 Å². The summed E-state index contributed by atoms with van der Waals surface area (Å²) in [5.74, 6) is 0.321. The minimum Gasteiger partial charge on any atom is -0.356 e. The molecule has 4 nitrogen and oxygen atoms in total. The number of hydrogen-bond donors (Lipinski definition) is 2. The fraction of sp³-hybridized carbons (Fsp3) is 0.562. The highest BCUT2D eigenvalue weighted by atomic mass is 35.5. The summed E-state index contributed by atoms with van der Waals surface area (Å²) in [7, 11) is 0. The maximum Gasteiger partial charge on any atom is 0.224 e. The number of rotatable bonds is 6. The van der Waals surface area contributed by atoms with Crippen LogP contribution in [0.5, 0.6) is 0 Å². The topological polar surface area (TPSA) is 58.4 Å². The standard InChI is InChI=1S/C16H25N3O.2ClH/c17-9-5-10-18-16(20)15-8-4-11-19(13-15)12-14-6-2-1-3-7-14;;/h1-3,6-7,15H,4-5,8-13,17H2,(H,18,20);2*1H. The lowest BCUT2D eigenvalue weighted by Crippen LogP contribution is -2.43. The van der Waals surface area contributed by atoms with Crippen LogP contribution in [0.3, 0.4) is 0 Å². The van der Waals surface area contributed by atoms with E-state index in [1.807, 2.05) is 6.07 Å². The van der Waals surface area contributed by atoms with E-state index in [9.17, 15) is 4.79 Å². The van der Waals surface area contributed by atoms with Crippen molar-refractivity contribution in [3.8, 4) is 0 Å². The van der Waals surface area contributed by atoms with Crippen LogP contribution in [0.15, 0.2) is 30.3 Å². The number of halogens is 2. The first-order valence-corrected chi connectivity index (χ1v) is 7.53. The van der Waals surface area contributed by atoms with Crippen LogP contribution in [-0.4, -0.2) is 37.0 Å². The first kappa shape index (κ1) is 21.2. The van der Waals surface area contributed by atoms with Crippen molar-refractivity contribution >= 4 is 30.7 Å². The van der Waals surface area contributed by atoms with Crippen LogP contribution < -0.4 is 11.1 Å². The minimum atomic E-state index is 0. The Morgan fingerprint density at radius 2 is 2.00 bits per heavy atom. The summed E-state index contributed by atoms with van der Waals surface area (Å²) in [5, 5.41) is 2.99. The molecule has 1 amide bonds. The molecule has 0 spiro atoms. The predicted molar refractivity (Wildman–Crippen MR) is 95.6 cm³/mol. The molecule has 1 aromatic rings. The molecule has 1 aromatic carbocycles. The van der Waals surface area contributed by atoms with Crippen LogP contribution in [0.4, 0.5) is 0 Å². The lowest BCUT2D eigenvalue weighted by atomic mass is 9.96. The second-order valence-electron chi connectivity index (χ2n) is 5.49. The number of hydrogen-bond acceptors (Lipinski definition) is 3. The van der Waals surface area contributed by atoms with Gasteiger partial charge in [-0.1, -0.05) is 30.3 Å². The van der Waals surface area contributed by atoms with Crippen LogP contribution in [0.2, 0.25) is 0 Å². The Morgan fingerprint density at radius 1 is 1.27 bits per heavy atom. The number of nitrogens with one attached hydrogen (secondary N) is 1. The molecule has 0 bridgehead atoms. The van der Waals surface area contributed by atoms with Gasteiger partial charge in [0.05, 0.1) is 5.92 Å². The third kappa shape index (κ3) is 6.97. The molecule has 6 heteroatoms. The lowest BCUT2D eigenvalue weighted by molar-refractivity contribution is -0.126. The molecule has 1 saturated heterocycles. The van der Waals surface area contributed by atoms with Crippen LogP contribution in [0.1, 0.15) is 24.8 Å². The van der Waals surface area contributed by atoms with Crippen molar-refractivity contribution in [1.29, 1.82) is 0 Å². The number of carbonyl (C=O) groups is 1. The van der Waals surface area contributed by atoms with Gasteiger partial charge >= 0.3 is 0 Å². The Kier molecular flexibility index (Phi) is 11.3. The zero-order valence-electron chi connectivity index (χ0n) is 12.9. The highest BCUT2D eigenvalue weighted by Gasteiger charge is 2.25.